The summed E-state index contributed by atoms with van der Waals surface area (Å²) in [5.74, 6) is -0.0878. The fourth-order valence-electron chi connectivity index (χ4n) is 1.74. The number of nitrogens with two attached hydrogens (primary N) is 1. The van der Waals surface area contributed by atoms with Crippen molar-refractivity contribution in [1.29, 1.82) is 0 Å². The second kappa shape index (κ2) is 8.26. The lowest BCUT2D eigenvalue weighted by atomic mass is 10.2. The van der Waals surface area contributed by atoms with Gasteiger partial charge in [0.15, 0.2) is 0 Å². The van der Waals surface area contributed by atoms with Gasteiger partial charge < -0.3 is 21.1 Å². The molecule has 0 aliphatic carbocycles. The number of ether oxygens (including phenoxy) is 1. The van der Waals surface area contributed by atoms with Gasteiger partial charge in [0, 0.05) is 13.0 Å². The molecule has 0 aliphatic heterocycles. The maximum Gasteiger partial charge on any atom is 0.407 e. The molecule has 0 saturated heterocycles. The molecule has 2 amide bonds. The van der Waals surface area contributed by atoms with Crippen molar-refractivity contribution in [2.75, 3.05) is 17.6 Å². The molecule has 0 aliphatic rings. The third kappa shape index (κ3) is 7.52. The van der Waals surface area contributed by atoms with Gasteiger partial charge in [-0.1, -0.05) is 12.1 Å². The van der Waals surface area contributed by atoms with E-state index in [2.05, 4.69) is 10.6 Å². The topological polar surface area (TPSA) is 93.4 Å². The molecule has 1 aromatic rings. The summed E-state index contributed by atoms with van der Waals surface area (Å²) in [7, 11) is 0. The molecular formula is C16H25N3O3. The van der Waals surface area contributed by atoms with Gasteiger partial charge in [-0.2, -0.15) is 0 Å². The van der Waals surface area contributed by atoms with E-state index in [1.54, 1.807) is 12.1 Å². The molecule has 0 unspecified atom stereocenters. The highest BCUT2D eigenvalue weighted by atomic mass is 16.6. The summed E-state index contributed by atoms with van der Waals surface area (Å²) < 4.78 is 5.11. The van der Waals surface area contributed by atoms with Crippen molar-refractivity contribution < 1.29 is 14.3 Å². The minimum atomic E-state index is -0.500. The van der Waals surface area contributed by atoms with E-state index in [1.807, 2.05) is 32.9 Å². The maximum absolute atomic E-state index is 11.8. The average Bonchev–Trinajstić information content (AvgIpc) is 2.39. The molecule has 0 spiro atoms. The highest BCUT2D eigenvalue weighted by molar-refractivity contribution is 5.93. The zero-order valence-corrected chi connectivity index (χ0v) is 13.4. The van der Waals surface area contributed by atoms with Crippen LogP contribution in [0.15, 0.2) is 24.3 Å². The summed E-state index contributed by atoms with van der Waals surface area (Å²) >= 11 is 0. The Morgan fingerprint density at radius 2 is 1.86 bits per heavy atom. The van der Waals surface area contributed by atoms with E-state index in [-0.39, 0.29) is 5.91 Å². The number of nitrogens with one attached hydrogen (secondary N) is 2. The lowest BCUT2D eigenvalue weighted by Gasteiger charge is -2.19. The van der Waals surface area contributed by atoms with E-state index < -0.39 is 11.7 Å². The summed E-state index contributed by atoms with van der Waals surface area (Å²) in [5.41, 5.74) is 6.42. The monoisotopic (exact) mass is 307 g/mol. The third-order valence-corrected chi connectivity index (χ3v) is 2.73. The van der Waals surface area contributed by atoms with E-state index in [4.69, 9.17) is 10.5 Å². The van der Waals surface area contributed by atoms with Crippen LogP contribution in [0.3, 0.4) is 0 Å². The van der Waals surface area contributed by atoms with Gasteiger partial charge in [0.25, 0.3) is 0 Å². The zero-order valence-electron chi connectivity index (χ0n) is 13.4. The zero-order chi connectivity index (χ0) is 16.6. The van der Waals surface area contributed by atoms with Gasteiger partial charge in [-0.25, -0.2) is 4.79 Å². The van der Waals surface area contributed by atoms with Crippen LogP contribution < -0.4 is 16.4 Å². The van der Waals surface area contributed by atoms with Gasteiger partial charge in [-0.15, -0.1) is 0 Å². The minimum absolute atomic E-state index is 0.0878. The van der Waals surface area contributed by atoms with Gasteiger partial charge in [0.1, 0.15) is 5.60 Å². The van der Waals surface area contributed by atoms with Gasteiger partial charge in [0.05, 0.1) is 11.4 Å². The fraction of sp³-hybridized carbons (Fsp3) is 0.500. The Balaban J connectivity index is 2.16. The Morgan fingerprint density at radius 1 is 1.18 bits per heavy atom. The highest BCUT2D eigenvalue weighted by Gasteiger charge is 2.15. The van der Waals surface area contributed by atoms with Gasteiger partial charge >= 0.3 is 6.09 Å². The van der Waals surface area contributed by atoms with Crippen molar-refractivity contribution in [3.05, 3.63) is 24.3 Å². The van der Waals surface area contributed by atoms with Gasteiger partial charge in [0.2, 0.25) is 5.91 Å². The van der Waals surface area contributed by atoms with Crippen molar-refractivity contribution in [3.8, 4) is 0 Å². The summed E-state index contributed by atoms with van der Waals surface area (Å²) in [5, 5.41) is 5.42. The molecular weight excluding hydrogens is 282 g/mol. The summed E-state index contributed by atoms with van der Waals surface area (Å²) in [4.78, 5) is 23.2. The van der Waals surface area contributed by atoms with Crippen molar-refractivity contribution in [3.63, 3.8) is 0 Å². The fourth-order valence-corrected chi connectivity index (χ4v) is 1.74. The second-order valence-electron chi connectivity index (χ2n) is 6.02. The standard InChI is InChI=1S/C16H25N3O3/c1-16(2,3)22-15(21)18-11-7-6-10-14(20)19-13-9-5-4-8-12(13)17/h4-5,8-9H,6-7,10-11,17H2,1-3H3,(H,18,21)(H,19,20). The SMILES string of the molecule is CC(C)(C)OC(=O)NCCCCC(=O)Nc1ccccc1N. The molecule has 122 valence electrons. The van der Waals surface area contributed by atoms with Crippen LogP contribution in [0.5, 0.6) is 0 Å². The number of nitrogen functional groups attached to an aromatic ring is 1. The Bertz CT molecular complexity index is 510. The molecule has 0 saturated carbocycles. The van der Waals surface area contributed by atoms with Crippen molar-refractivity contribution in [1.82, 2.24) is 5.32 Å². The molecule has 1 aromatic carbocycles. The first-order valence-electron chi connectivity index (χ1n) is 7.39. The summed E-state index contributed by atoms with van der Waals surface area (Å²) in [6.45, 7) is 5.92. The van der Waals surface area contributed by atoms with Crippen LogP contribution in [0.25, 0.3) is 0 Å². The quantitative estimate of drug-likeness (QED) is 0.556. The third-order valence-electron chi connectivity index (χ3n) is 2.73. The van der Waals surface area contributed by atoms with E-state index >= 15 is 0 Å². The molecule has 22 heavy (non-hydrogen) atoms. The normalized spacial score (nSPS) is 10.9. The second-order valence-corrected chi connectivity index (χ2v) is 6.02. The number of hydrogen-bond donors (Lipinski definition) is 3. The van der Waals surface area contributed by atoms with E-state index in [0.717, 1.165) is 0 Å². The summed E-state index contributed by atoms with van der Waals surface area (Å²) in [6, 6.07) is 7.13. The van der Waals surface area contributed by atoms with Crippen LogP contribution >= 0.6 is 0 Å². The molecule has 0 bridgehead atoms. The molecule has 0 fully saturated rings. The van der Waals surface area contributed by atoms with Crippen molar-refractivity contribution in [2.45, 2.75) is 45.6 Å². The van der Waals surface area contributed by atoms with E-state index in [0.29, 0.717) is 37.2 Å². The number of alkyl carbamates (subject to hydrolysis) is 1. The molecule has 1 rings (SSSR count). The summed E-state index contributed by atoms with van der Waals surface area (Å²) in [6.07, 6.45) is 1.32. The van der Waals surface area contributed by atoms with Crippen LogP contribution in [-0.2, 0) is 9.53 Å². The number of hydrogen-bond acceptors (Lipinski definition) is 4. The van der Waals surface area contributed by atoms with Crippen LogP contribution in [0.2, 0.25) is 0 Å². The Morgan fingerprint density at radius 3 is 2.50 bits per heavy atom. The molecule has 0 heterocycles. The molecule has 0 radical (unpaired) electrons. The van der Waals surface area contributed by atoms with Crippen molar-refractivity contribution in [2.24, 2.45) is 0 Å². The van der Waals surface area contributed by atoms with Crippen LogP contribution in [-0.4, -0.2) is 24.1 Å². The average molecular weight is 307 g/mol. The maximum atomic E-state index is 11.8. The van der Waals surface area contributed by atoms with Crippen LogP contribution in [0.4, 0.5) is 16.2 Å². The lowest BCUT2D eigenvalue weighted by molar-refractivity contribution is -0.116. The van der Waals surface area contributed by atoms with Gasteiger partial charge in [-0.3, -0.25) is 4.79 Å². The Hall–Kier alpha value is -2.24. The van der Waals surface area contributed by atoms with Crippen molar-refractivity contribution >= 4 is 23.4 Å². The Kier molecular flexibility index (Phi) is 6.69. The molecule has 4 N–H and O–H groups in total. The molecule has 6 heteroatoms. The van der Waals surface area contributed by atoms with Crippen LogP contribution in [0.1, 0.15) is 40.0 Å². The first-order valence-corrected chi connectivity index (χ1v) is 7.39. The highest BCUT2D eigenvalue weighted by Crippen LogP contribution is 2.17. The number of benzene rings is 1. The number of carbonyl (C=O) groups is 2. The largest absolute Gasteiger partial charge is 0.444 e. The van der Waals surface area contributed by atoms with E-state index in [9.17, 15) is 9.59 Å². The lowest BCUT2D eigenvalue weighted by Crippen LogP contribution is -2.33. The number of carbonyl (C=O) groups excluding carboxylic acids is 2. The number of unbranched alkanes of at least 4 members (excludes halogenated alkanes) is 1. The Labute approximate surface area is 131 Å². The number of amides is 2. The number of para-hydroxylation sites is 2. The minimum Gasteiger partial charge on any atom is -0.444 e. The predicted molar refractivity (Wildman–Crippen MR) is 87.6 cm³/mol. The predicted octanol–water partition coefficient (Wildman–Crippen LogP) is 2.90. The first kappa shape index (κ1) is 17.8. The molecule has 0 atom stereocenters. The van der Waals surface area contributed by atoms with E-state index in [1.165, 1.54) is 0 Å². The number of anilines is 2. The van der Waals surface area contributed by atoms with Gasteiger partial charge in [-0.05, 0) is 45.7 Å². The smallest absolute Gasteiger partial charge is 0.407 e. The van der Waals surface area contributed by atoms with Crippen LogP contribution in [0, 0.1) is 0 Å². The first-order chi connectivity index (χ1) is 10.3. The molecule has 6 nitrogen and oxygen atoms in total. The number of rotatable bonds is 6. The molecule has 0 aromatic heterocycles.